The largest absolute Gasteiger partial charge is 0.466 e. The second-order valence-electron chi connectivity index (χ2n) is 6.15. The van der Waals surface area contributed by atoms with Gasteiger partial charge in [0, 0.05) is 6.04 Å². The molecule has 1 aromatic heterocycles. The van der Waals surface area contributed by atoms with E-state index < -0.39 is 0 Å². The summed E-state index contributed by atoms with van der Waals surface area (Å²) in [5, 5.41) is 5.55. The van der Waals surface area contributed by atoms with E-state index in [4.69, 9.17) is 4.42 Å². The van der Waals surface area contributed by atoms with Gasteiger partial charge in [0.2, 0.25) is 5.91 Å². The number of hydrogen-bond acceptors (Lipinski definition) is 4. The zero-order valence-electron chi connectivity index (χ0n) is 15.6. The lowest BCUT2D eigenvalue weighted by Gasteiger charge is -2.19. The Hall–Kier alpha value is -1.82. The maximum Gasteiger partial charge on any atom is 0.255 e. The number of carbonyl (C=O) groups excluding carboxylic acids is 2. The monoisotopic (exact) mass is 337 g/mol. The molecule has 1 rings (SSSR count). The Morgan fingerprint density at radius 1 is 1.25 bits per heavy atom. The van der Waals surface area contributed by atoms with E-state index >= 15 is 0 Å². The molecule has 1 atom stereocenters. The average Bonchev–Trinajstić information content (AvgIpc) is 2.88. The lowest BCUT2D eigenvalue weighted by Crippen LogP contribution is -2.41. The fraction of sp³-hybridized carbons (Fsp3) is 0.667. The maximum absolute atomic E-state index is 12.0. The Kier molecular flexibility index (Phi) is 8.54. The molecule has 0 fully saturated rings. The minimum atomic E-state index is -0.284. The molecule has 6 heteroatoms. The van der Waals surface area contributed by atoms with Crippen LogP contribution in [0.5, 0.6) is 0 Å². The first-order chi connectivity index (χ1) is 11.4. The molecule has 0 aromatic carbocycles. The normalized spacial score (nSPS) is 12.2. The highest BCUT2D eigenvalue weighted by Crippen LogP contribution is 2.13. The Labute approximate surface area is 145 Å². The van der Waals surface area contributed by atoms with Crippen LogP contribution in [0.1, 0.15) is 55.5 Å². The molecule has 2 amide bonds. The van der Waals surface area contributed by atoms with E-state index in [1.165, 1.54) is 0 Å². The van der Waals surface area contributed by atoms with Gasteiger partial charge in [-0.25, -0.2) is 0 Å². The third-order valence-electron chi connectivity index (χ3n) is 4.11. The molecule has 24 heavy (non-hydrogen) atoms. The summed E-state index contributed by atoms with van der Waals surface area (Å²) < 4.78 is 5.32. The molecule has 0 spiro atoms. The zero-order valence-corrected chi connectivity index (χ0v) is 15.6. The van der Waals surface area contributed by atoms with Gasteiger partial charge in [0.1, 0.15) is 11.5 Å². The van der Waals surface area contributed by atoms with E-state index in [1.54, 1.807) is 19.9 Å². The third kappa shape index (κ3) is 6.74. The average molecular weight is 337 g/mol. The van der Waals surface area contributed by atoms with Crippen molar-refractivity contribution in [2.75, 3.05) is 26.2 Å². The Morgan fingerprint density at radius 3 is 2.46 bits per heavy atom. The van der Waals surface area contributed by atoms with Crippen LogP contribution in [0.25, 0.3) is 0 Å². The molecule has 0 bridgehead atoms. The number of carbonyl (C=O) groups is 2. The molecule has 6 nitrogen and oxygen atoms in total. The van der Waals surface area contributed by atoms with E-state index in [0.29, 0.717) is 17.1 Å². The Balaban J connectivity index is 2.28. The van der Waals surface area contributed by atoms with Crippen LogP contribution in [0, 0.1) is 13.8 Å². The number of furan rings is 1. The smallest absolute Gasteiger partial charge is 0.255 e. The topological polar surface area (TPSA) is 74.6 Å². The summed E-state index contributed by atoms with van der Waals surface area (Å²) in [6, 6.07) is 1.78. The molecule has 2 N–H and O–H groups in total. The van der Waals surface area contributed by atoms with Crippen LogP contribution >= 0.6 is 0 Å². The first kappa shape index (κ1) is 20.2. The lowest BCUT2D eigenvalue weighted by molar-refractivity contribution is -0.120. The van der Waals surface area contributed by atoms with Crippen molar-refractivity contribution in [1.29, 1.82) is 0 Å². The van der Waals surface area contributed by atoms with Crippen molar-refractivity contribution in [3.63, 3.8) is 0 Å². The number of amides is 2. The van der Waals surface area contributed by atoms with Crippen molar-refractivity contribution in [2.45, 2.75) is 53.5 Å². The quantitative estimate of drug-likeness (QED) is 0.687. The molecule has 0 aliphatic carbocycles. The van der Waals surface area contributed by atoms with Crippen molar-refractivity contribution < 1.29 is 14.0 Å². The van der Waals surface area contributed by atoms with E-state index in [0.717, 1.165) is 32.5 Å². The van der Waals surface area contributed by atoms with Crippen molar-refractivity contribution in [2.24, 2.45) is 0 Å². The van der Waals surface area contributed by atoms with Crippen LogP contribution in [0.4, 0.5) is 0 Å². The van der Waals surface area contributed by atoms with Gasteiger partial charge < -0.3 is 20.0 Å². The molecular weight excluding hydrogens is 306 g/mol. The highest BCUT2D eigenvalue weighted by atomic mass is 16.3. The van der Waals surface area contributed by atoms with Crippen LogP contribution in [0.2, 0.25) is 0 Å². The van der Waals surface area contributed by atoms with Crippen LogP contribution in [0.3, 0.4) is 0 Å². The van der Waals surface area contributed by atoms with Crippen LogP contribution in [-0.4, -0.2) is 48.9 Å². The van der Waals surface area contributed by atoms with Crippen LogP contribution in [-0.2, 0) is 4.79 Å². The van der Waals surface area contributed by atoms with E-state index in [-0.39, 0.29) is 24.4 Å². The van der Waals surface area contributed by atoms with Crippen molar-refractivity contribution in [1.82, 2.24) is 15.5 Å². The number of hydrogen-bond donors (Lipinski definition) is 2. The van der Waals surface area contributed by atoms with Crippen molar-refractivity contribution >= 4 is 11.8 Å². The van der Waals surface area contributed by atoms with Crippen LogP contribution in [0.15, 0.2) is 10.5 Å². The number of aryl methyl sites for hydroxylation is 2. The predicted octanol–water partition coefficient (Wildman–Crippen LogP) is 2.25. The molecule has 1 aromatic rings. The Morgan fingerprint density at radius 2 is 1.92 bits per heavy atom. The molecular formula is C18H31N3O3. The predicted molar refractivity (Wildman–Crippen MR) is 95.1 cm³/mol. The summed E-state index contributed by atoms with van der Waals surface area (Å²) in [7, 11) is 0. The van der Waals surface area contributed by atoms with Gasteiger partial charge >= 0.3 is 0 Å². The molecule has 0 aliphatic rings. The summed E-state index contributed by atoms with van der Waals surface area (Å²) in [5.74, 6) is 0.796. The minimum absolute atomic E-state index is 0.0249. The van der Waals surface area contributed by atoms with Gasteiger partial charge in [-0.3, -0.25) is 9.59 Å². The third-order valence-corrected chi connectivity index (χ3v) is 4.11. The SMILES string of the molecule is CCN(CC)CCCC(C)NC(=O)CNC(=O)c1cc(C)oc1C. The lowest BCUT2D eigenvalue weighted by atomic mass is 10.1. The molecule has 0 aliphatic heterocycles. The number of nitrogens with one attached hydrogen (secondary N) is 2. The minimum Gasteiger partial charge on any atom is -0.466 e. The highest BCUT2D eigenvalue weighted by molar-refractivity contribution is 5.97. The molecule has 1 unspecified atom stereocenters. The second-order valence-corrected chi connectivity index (χ2v) is 6.15. The highest BCUT2D eigenvalue weighted by Gasteiger charge is 2.15. The first-order valence-corrected chi connectivity index (χ1v) is 8.74. The molecule has 1 heterocycles. The summed E-state index contributed by atoms with van der Waals surface area (Å²) >= 11 is 0. The van der Waals surface area contributed by atoms with E-state index in [2.05, 4.69) is 29.4 Å². The van der Waals surface area contributed by atoms with Gasteiger partial charge in [-0.05, 0) is 59.3 Å². The number of nitrogens with zero attached hydrogens (tertiary/aromatic N) is 1. The van der Waals surface area contributed by atoms with E-state index in [9.17, 15) is 9.59 Å². The summed E-state index contributed by atoms with van der Waals surface area (Å²) in [4.78, 5) is 26.3. The first-order valence-electron chi connectivity index (χ1n) is 8.74. The fourth-order valence-corrected chi connectivity index (χ4v) is 2.67. The zero-order chi connectivity index (χ0) is 18.1. The van der Waals surface area contributed by atoms with Gasteiger partial charge in [0.15, 0.2) is 0 Å². The Bertz CT molecular complexity index is 536. The molecule has 0 saturated heterocycles. The van der Waals surface area contributed by atoms with Crippen LogP contribution < -0.4 is 10.6 Å². The van der Waals surface area contributed by atoms with Gasteiger partial charge in [0.05, 0.1) is 12.1 Å². The standard InChI is InChI=1S/C18H31N3O3/c1-6-21(7-2)10-8-9-13(3)20-17(22)12-19-18(23)16-11-14(4)24-15(16)5/h11,13H,6-10,12H2,1-5H3,(H,19,23)(H,20,22). The fourth-order valence-electron chi connectivity index (χ4n) is 2.67. The van der Waals surface area contributed by atoms with E-state index in [1.807, 2.05) is 6.92 Å². The van der Waals surface area contributed by atoms with Crippen molar-refractivity contribution in [3.05, 3.63) is 23.2 Å². The van der Waals surface area contributed by atoms with Gasteiger partial charge in [-0.2, -0.15) is 0 Å². The second kappa shape index (κ2) is 10.1. The molecule has 136 valence electrons. The molecule has 0 saturated carbocycles. The van der Waals surface area contributed by atoms with Gasteiger partial charge in [-0.1, -0.05) is 13.8 Å². The summed E-state index contributed by atoms with van der Waals surface area (Å²) in [6.45, 7) is 12.9. The summed E-state index contributed by atoms with van der Waals surface area (Å²) in [5.41, 5.74) is 0.479. The number of rotatable bonds is 10. The van der Waals surface area contributed by atoms with Gasteiger partial charge in [-0.15, -0.1) is 0 Å². The van der Waals surface area contributed by atoms with Crippen molar-refractivity contribution in [3.8, 4) is 0 Å². The maximum atomic E-state index is 12.0. The molecule has 0 radical (unpaired) electrons. The van der Waals surface area contributed by atoms with Gasteiger partial charge in [0.25, 0.3) is 5.91 Å². The summed E-state index contributed by atoms with van der Waals surface area (Å²) in [6.07, 6.45) is 1.97.